The van der Waals surface area contributed by atoms with Crippen LogP contribution in [-0.4, -0.2) is 25.9 Å². The Morgan fingerprint density at radius 2 is 1.80 bits per heavy atom. The fourth-order valence-electron chi connectivity index (χ4n) is 3.35. The van der Waals surface area contributed by atoms with Gasteiger partial charge >= 0.3 is 0 Å². The molecule has 110 valence electrons. The van der Waals surface area contributed by atoms with Gasteiger partial charge in [-0.25, -0.2) is 0 Å². The molecule has 1 heterocycles. The second kappa shape index (κ2) is 5.62. The van der Waals surface area contributed by atoms with Gasteiger partial charge in [0.15, 0.2) is 11.5 Å². The molecule has 1 atom stereocenters. The molecule has 1 saturated carbocycles. The van der Waals surface area contributed by atoms with E-state index in [-0.39, 0.29) is 11.6 Å². The van der Waals surface area contributed by atoms with Gasteiger partial charge in [-0.05, 0) is 30.5 Å². The van der Waals surface area contributed by atoms with Gasteiger partial charge in [-0.1, -0.05) is 25.3 Å². The van der Waals surface area contributed by atoms with Gasteiger partial charge in [0.05, 0.1) is 11.6 Å². The Hall–Kier alpha value is -1.26. The lowest BCUT2D eigenvalue weighted by molar-refractivity contribution is -0.0596. The fourth-order valence-corrected chi connectivity index (χ4v) is 3.35. The zero-order valence-corrected chi connectivity index (χ0v) is 12.1. The standard InChI is InChI=1S/C16H23NO3/c1-18-16(7-3-2-4-8-16)15(17)12-5-6-13-14(11-12)20-10-9-19-13/h5-6,11,15H,2-4,7-10,17H2,1H3. The minimum atomic E-state index is -0.234. The van der Waals surface area contributed by atoms with Gasteiger partial charge in [-0.15, -0.1) is 0 Å². The Balaban J connectivity index is 1.87. The first kappa shape index (κ1) is 13.7. The fraction of sp³-hybridized carbons (Fsp3) is 0.625. The molecule has 1 aromatic rings. The van der Waals surface area contributed by atoms with Crippen LogP contribution in [0.4, 0.5) is 0 Å². The lowest BCUT2D eigenvalue weighted by Gasteiger charge is -2.41. The van der Waals surface area contributed by atoms with Crippen molar-refractivity contribution in [2.24, 2.45) is 5.73 Å². The molecular weight excluding hydrogens is 254 g/mol. The lowest BCUT2D eigenvalue weighted by Crippen LogP contribution is -2.44. The molecule has 4 heteroatoms. The highest BCUT2D eigenvalue weighted by atomic mass is 16.6. The summed E-state index contributed by atoms with van der Waals surface area (Å²) < 4.78 is 17.0. The molecule has 2 N–H and O–H groups in total. The van der Waals surface area contributed by atoms with Gasteiger partial charge in [0, 0.05) is 7.11 Å². The average molecular weight is 277 g/mol. The van der Waals surface area contributed by atoms with Crippen LogP contribution in [0.3, 0.4) is 0 Å². The van der Waals surface area contributed by atoms with Crippen LogP contribution in [-0.2, 0) is 4.74 Å². The Labute approximate surface area is 120 Å². The lowest BCUT2D eigenvalue weighted by atomic mass is 9.77. The third-order valence-corrected chi connectivity index (χ3v) is 4.60. The maximum atomic E-state index is 6.53. The highest BCUT2D eigenvalue weighted by molar-refractivity contribution is 5.45. The van der Waals surface area contributed by atoms with Gasteiger partial charge in [0.25, 0.3) is 0 Å². The number of fused-ring (bicyclic) bond motifs is 1. The molecule has 1 aliphatic carbocycles. The van der Waals surface area contributed by atoms with Crippen molar-refractivity contribution in [3.05, 3.63) is 23.8 Å². The number of ether oxygens (including phenoxy) is 3. The quantitative estimate of drug-likeness (QED) is 0.923. The topological polar surface area (TPSA) is 53.7 Å². The summed E-state index contributed by atoms with van der Waals surface area (Å²) in [7, 11) is 1.78. The van der Waals surface area contributed by atoms with Crippen LogP contribution in [0.25, 0.3) is 0 Å². The van der Waals surface area contributed by atoms with E-state index in [9.17, 15) is 0 Å². The number of methoxy groups -OCH3 is 1. The highest BCUT2D eigenvalue weighted by Gasteiger charge is 2.39. The second-order valence-corrected chi connectivity index (χ2v) is 5.71. The van der Waals surface area contributed by atoms with E-state index in [1.54, 1.807) is 7.11 Å². The molecule has 1 fully saturated rings. The average Bonchev–Trinajstić information content (AvgIpc) is 2.54. The van der Waals surface area contributed by atoms with Gasteiger partial charge < -0.3 is 19.9 Å². The summed E-state index contributed by atoms with van der Waals surface area (Å²) in [5.74, 6) is 1.61. The van der Waals surface area contributed by atoms with E-state index in [4.69, 9.17) is 19.9 Å². The van der Waals surface area contributed by atoms with Crippen LogP contribution in [0.1, 0.15) is 43.7 Å². The zero-order valence-electron chi connectivity index (χ0n) is 12.1. The molecule has 0 spiro atoms. The first-order valence-corrected chi connectivity index (χ1v) is 7.45. The van der Waals surface area contributed by atoms with Gasteiger partial charge in [0.1, 0.15) is 13.2 Å². The van der Waals surface area contributed by atoms with E-state index in [0.29, 0.717) is 13.2 Å². The molecule has 1 aromatic carbocycles. The maximum absolute atomic E-state index is 6.53. The van der Waals surface area contributed by atoms with Crippen LogP contribution in [0, 0.1) is 0 Å². The van der Waals surface area contributed by atoms with Crippen LogP contribution >= 0.6 is 0 Å². The van der Waals surface area contributed by atoms with Gasteiger partial charge in [-0.3, -0.25) is 0 Å². The minimum Gasteiger partial charge on any atom is -0.486 e. The minimum absolute atomic E-state index is 0.122. The number of hydrogen-bond acceptors (Lipinski definition) is 4. The summed E-state index contributed by atoms with van der Waals surface area (Å²) in [5.41, 5.74) is 7.36. The van der Waals surface area contributed by atoms with Crippen molar-refractivity contribution in [2.45, 2.75) is 43.7 Å². The summed E-state index contributed by atoms with van der Waals surface area (Å²) in [5, 5.41) is 0. The molecule has 0 bridgehead atoms. The van der Waals surface area contributed by atoms with Crippen molar-refractivity contribution in [2.75, 3.05) is 20.3 Å². The molecule has 4 nitrogen and oxygen atoms in total. The summed E-state index contributed by atoms with van der Waals surface area (Å²) in [6.07, 6.45) is 5.70. The smallest absolute Gasteiger partial charge is 0.161 e. The Morgan fingerprint density at radius 3 is 2.50 bits per heavy atom. The van der Waals surface area contributed by atoms with E-state index in [2.05, 4.69) is 0 Å². The van der Waals surface area contributed by atoms with E-state index < -0.39 is 0 Å². The van der Waals surface area contributed by atoms with Crippen LogP contribution in [0.15, 0.2) is 18.2 Å². The monoisotopic (exact) mass is 277 g/mol. The van der Waals surface area contributed by atoms with E-state index in [0.717, 1.165) is 29.9 Å². The van der Waals surface area contributed by atoms with Crippen LogP contribution < -0.4 is 15.2 Å². The molecule has 1 unspecified atom stereocenters. The highest BCUT2D eigenvalue weighted by Crippen LogP contribution is 2.42. The van der Waals surface area contributed by atoms with E-state index >= 15 is 0 Å². The summed E-state index contributed by atoms with van der Waals surface area (Å²) in [4.78, 5) is 0. The van der Waals surface area contributed by atoms with Gasteiger partial charge in [0.2, 0.25) is 0 Å². The summed E-state index contributed by atoms with van der Waals surface area (Å²) >= 11 is 0. The first-order chi connectivity index (χ1) is 9.75. The van der Waals surface area contributed by atoms with Crippen molar-refractivity contribution in [3.63, 3.8) is 0 Å². The SMILES string of the molecule is COC1(C(N)c2ccc3c(c2)OCCO3)CCCCC1. The Morgan fingerprint density at radius 1 is 1.10 bits per heavy atom. The number of benzene rings is 1. The number of nitrogens with two attached hydrogens (primary N) is 1. The van der Waals surface area contributed by atoms with Gasteiger partial charge in [-0.2, -0.15) is 0 Å². The Kier molecular flexibility index (Phi) is 3.85. The van der Waals surface area contributed by atoms with Crippen molar-refractivity contribution in [1.82, 2.24) is 0 Å². The molecule has 0 radical (unpaired) electrons. The van der Waals surface area contributed by atoms with Crippen molar-refractivity contribution < 1.29 is 14.2 Å². The maximum Gasteiger partial charge on any atom is 0.161 e. The van der Waals surface area contributed by atoms with Crippen LogP contribution in [0.5, 0.6) is 11.5 Å². The predicted octanol–water partition coefficient (Wildman–Crippen LogP) is 2.81. The normalized spacial score (nSPS) is 22.3. The molecule has 0 amide bonds. The molecule has 2 aliphatic rings. The second-order valence-electron chi connectivity index (χ2n) is 5.71. The largest absolute Gasteiger partial charge is 0.486 e. The van der Waals surface area contributed by atoms with Crippen molar-refractivity contribution in [1.29, 1.82) is 0 Å². The predicted molar refractivity (Wildman–Crippen MR) is 77.2 cm³/mol. The van der Waals surface area contributed by atoms with E-state index in [1.807, 2.05) is 18.2 Å². The molecule has 1 aliphatic heterocycles. The van der Waals surface area contributed by atoms with E-state index in [1.165, 1.54) is 19.3 Å². The van der Waals surface area contributed by atoms with Crippen molar-refractivity contribution >= 4 is 0 Å². The third kappa shape index (κ3) is 2.38. The molecular formula is C16H23NO3. The molecule has 20 heavy (non-hydrogen) atoms. The van der Waals surface area contributed by atoms with Crippen LogP contribution in [0.2, 0.25) is 0 Å². The number of hydrogen-bond donors (Lipinski definition) is 1. The molecule has 0 aromatic heterocycles. The summed E-state index contributed by atoms with van der Waals surface area (Å²) in [6, 6.07) is 5.88. The zero-order chi connectivity index (χ0) is 14.0. The third-order valence-electron chi connectivity index (χ3n) is 4.60. The van der Waals surface area contributed by atoms with Crippen molar-refractivity contribution in [3.8, 4) is 11.5 Å². The molecule has 0 saturated heterocycles. The Bertz CT molecular complexity index is 469. The first-order valence-electron chi connectivity index (χ1n) is 7.45. The molecule has 3 rings (SSSR count). The summed E-state index contributed by atoms with van der Waals surface area (Å²) in [6.45, 7) is 1.21. The number of rotatable bonds is 3.